The molecule has 2 aromatic rings. The summed E-state index contributed by atoms with van der Waals surface area (Å²) in [6.45, 7) is 4.74. The molecule has 0 fully saturated rings. The van der Waals surface area contributed by atoms with Crippen LogP contribution >= 0.6 is 27.7 Å². The van der Waals surface area contributed by atoms with Crippen LogP contribution < -0.4 is 5.76 Å². The minimum Gasteiger partial charge on any atom is -0.352 e. The smallest absolute Gasteiger partial charge is 0.352 e. The lowest BCUT2D eigenvalue weighted by molar-refractivity contribution is 0.0407. The number of rotatable bonds is 13. The predicted molar refractivity (Wildman–Crippen MR) is 131 cm³/mol. The summed E-state index contributed by atoms with van der Waals surface area (Å²) in [4.78, 5) is 11.3. The Morgan fingerprint density at radius 3 is 2.29 bits per heavy atom. The van der Waals surface area contributed by atoms with Gasteiger partial charge in [-0.1, -0.05) is 110 Å². The van der Waals surface area contributed by atoms with E-state index in [9.17, 15) is 4.79 Å². The summed E-state index contributed by atoms with van der Waals surface area (Å²) >= 11 is 5.03. The zero-order valence-electron chi connectivity index (χ0n) is 18.6. The van der Waals surface area contributed by atoms with E-state index in [1.54, 1.807) is 0 Å². The highest BCUT2D eigenvalue weighted by Gasteiger charge is 2.44. The van der Waals surface area contributed by atoms with Crippen LogP contribution in [0, 0.1) is 0 Å². The minimum atomic E-state index is -0.883. The zero-order chi connectivity index (χ0) is 22.1. The van der Waals surface area contributed by atoms with E-state index in [0.29, 0.717) is 12.4 Å². The maximum atomic E-state index is 12.2. The van der Waals surface area contributed by atoms with Crippen molar-refractivity contribution in [2.45, 2.75) is 83.0 Å². The average Bonchev–Trinajstić information content (AvgIpc) is 3.17. The van der Waals surface area contributed by atoms with Crippen molar-refractivity contribution in [1.82, 2.24) is 9.72 Å². The van der Waals surface area contributed by atoms with Crippen molar-refractivity contribution in [2.75, 3.05) is 6.61 Å². The molecular formula is C24H33BrN2O3S. The van der Waals surface area contributed by atoms with Gasteiger partial charge in [0.2, 0.25) is 10.8 Å². The standard InChI is InChI=1S/C24H33BrN2O3S/c1-3-4-5-6-7-8-9-10-11-12-17-29-24(20-13-15-21(25)16-14-20)22-26-30-23(28)27(22)19(2)18-31-24/h13-16,18H,3-12,17H2,1-2H3/t24-/m0/s1. The SMILES string of the molecule is CCCCCCCCCCCCO[C@@]1(c2ccc(Br)cc2)SC=C(C)n2c1noc2=O. The van der Waals surface area contributed by atoms with E-state index in [1.807, 2.05) is 36.6 Å². The Morgan fingerprint density at radius 2 is 1.65 bits per heavy atom. The first-order valence-corrected chi connectivity index (χ1v) is 13.1. The van der Waals surface area contributed by atoms with Crippen molar-refractivity contribution in [2.24, 2.45) is 0 Å². The molecule has 5 nitrogen and oxygen atoms in total. The average molecular weight is 510 g/mol. The van der Waals surface area contributed by atoms with E-state index in [4.69, 9.17) is 9.26 Å². The molecule has 3 rings (SSSR count). The van der Waals surface area contributed by atoms with Crippen LogP contribution in [0.4, 0.5) is 0 Å². The highest BCUT2D eigenvalue weighted by atomic mass is 79.9. The fourth-order valence-electron chi connectivity index (χ4n) is 3.90. The van der Waals surface area contributed by atoms with Gasteiger partial charge in [0.05, 0.1) is 0 Å². The number of allylic oxidation sites excluding steroid dienone is 1. The highest BCUT2D eigenvalue weighted by molar-refractivity contribution is 9.10. The van der Waals surface area contributed by atoms with Crippen LogP contribution in [0.2, 0.25) is 0 Å². The molecule has 1 aromatic carbocycles. The van der Waals surface area contributed by atoms with Gasteiger partial charge in [-0.05, 0) is 30.9 Å². The molecule has 0 bridgehead atoms. The van der Waals surface area contributed by atoms with Crippen LogP contribution in [0.3, 0.4) is 0 Å². The molecule has 0 radical (unpaired) electrons. The molecule has 0 amide bonds. The second-order valence-electron chi connectivity index (χ2n) is 8.14. The van der Waals surface area contributed by atoms with Crippen LogP contribution in [0.1, 0.15) is 89.4 Å². The van der Waals surface area contributed by atoms with Gasteiger partial charge in [-0.2, -0.15) is 0 Å². The first kappa shape index (κ1) is 24.3. The Labute approximate surface area is 197 Å². The molecule has 0 saturated heterocycles. The predicted octanol–water partition coefficient (Wildman–Crippen LogP) is 7.30. The third kappa shape index (κ3) is 6.14. The van der Waals surface area contributed by atoms with E-state index >= 15 is 0 Å². The van der Waals surface area contributed by atoms with Gasteiger partial charge in [0.1, 0.15) is 0 Å². The summed E-state index contributed by atoms with van der Waals surface area (Å²) in [5.41, 5.74) is 1.74. The fourth-order valence-corrected chi connectivity index (χ4v) is 5.26. The van der Waals surface area contributed by atoms with E-state index in [1.165, 1.54) is 67.7 Å². The van der Waals surface area contributed by atoms with Gasteiger partial charge >= 0.3 is 5.76 Å². The Bertz CT molecular complexity index is 906. The topological polar surface area (TPSA) is 57.3 Å². The summed E-state index contributed by atoms with van der Waals surface area (Å²) in [6, 6.07) is 7.98. The Balaban J connectivity index is 1.58. The van der Waals surface area contributed by atoms with Crippen LogP contribution in [0.5, 0.6) is 0 Å². The van der Waals surface area contributed by atoms with Crippen LogP contribution in [-0.4, -0.2) is 16.3 Å². The molecule has 0 N–H and O–H groups in total. The number of nitrogens with zero attached hydrogens (tertiary/aromatic N) is 2. The van der Waals surface area contributed by atoms with Crippen molar-refractivity contribution in [3.63, 3.8) is 0 Å². The molecule has 31 heavy (non-hydrogen) atoms. The van der Waals surface area contributed by atoms with E-state index in [0.717, 1.165) is 28.6 Å². The molecule has 0 aliphatic carbocycles. The van der Waals surface area contributed by atoms with Crippen LogP contribution in [0.25, 0.3) is 5.70 Å². The Hall–Kier alpha value is -1.31. The van der Waals surface area contributed by atoms with Crippen molar-refractivity contribution in [3.8, 4) is 0 Å². The van der Waals surface area contributed by atoms with E-state index in [-0.39, 0.29) is 0 Å². The summed E-state index contributed by atoms with van der Waals surface area (Å²) in [7, 11) is 0. The molecule has 170 valence electrons. The second kappa shape index (κ2) is 12.1. The summed E-state index contributed by atoms with van der Waals surface area (Å²) in [5, 5.41) is 6.06. The number of ether oxygens (including phenoxy) is 1. The number of fused-ring (bicyclic) bond motifs is 1. The first-order chi connectivity index (χ1) is 15.1. The zero-order valence-corrected chi connectivity index (χ0v) is 21.0. The number of benzene rings is 1. The summed E-state index contributed by atoms with van der Waals surface area (Å²) < 4.78 is 14.0. The number of thioether (sulfide) groups is 1. The van der Waals surface area contributed by atoms with Gasteiger partial charge in [0.25, 0.3) is 0 Å². The number of hydrogen-bond donors (Lipinski definition) is 0. The van der Waals surface area contributed by atoms with Crippen LogP contribution in [0.15, 0.2) is 43.5 Å². The molecule has 0 spiro atoms. The second-order valence-corrected chi connectivity index (χ2v) is 10.1. The van der Waals surface area contributed by atoms with Gasteiger partial charge in [-0.3, -0.25) is 4.52 Å². The number of unbranched alkanes of at least 4 members (excludes halogenated alkanes) is 9. The lowest BCUT2D eigenvalue weighted by Crippen LogP contribution is -2.35. The summed E-state index contributed by atoms with van der Waals surface area (Å²) in [6.07, 6.45) is 12.8. The fraction of sp³-hybridized carbons (Fsp3) is 0.583. The van der Waals surface area contributed by atoms with Gasteiger partial charge in [0.15, 0.2) is 0 Å². The molecule has 1 aromatic heterocycles. The van der Waals surface area contributed by atoms with Crippen molar-refractivity contribution < 1.29 is 9.26 Å². The van der Waals surface area contributed by atoms with Crippen LogP contribution in [-0.2, 0) is 9.67 Å². The maximum absolute atomic E-state index is 12.2. The van der Waals surface area contributed by atoms with Crippen molar-refractivity contribution >= 4 is 33.4 Å². The number of halogens is 1. The van der Waals surface area contributed by atoms with Gasteiger partial charge in [-0.25, -0.2) is 9.36 Å². The Kier molecular flexibility index (Phi) is 9.48. The lowest BCUT2D eigenvalue weighted by Gasteiger charge is -2.34. The third-order valence-electron chi connectivity index (χ3n) is 5.67. The van der Waals surface area contributed by atoms with E-state index < -0.39 is 10.7 Å². The monoisotopic (exact) mass is 508 g/mol. The Morgan fingerprint density at radius 1 is 1.03 bits per heavy atom. The van der Waals surface area contributed by atoms with Gasteiger partial charge < -0.3 is 4.74 Å². The highest BCUT2D eigenvalue weighted by Crippen LogP contribution is 2.47. The van der Waals surface area contributed by atoms with Crippen molar-refractivity contribution in [1.29, 1.82) is 0 Å². The normalized spacial score (nSPS) is 18.1. The number of aromatic nitrogens is 2. The third-order valence-corrected chi connectivity index (χ3v) is 7.53. The molecule has 7 heteroatoms. The largest absolute Gasteiger partial charge is 0.446 e. The van der Waals surface area contributed by atoms with Gasteiger partial charge in [-0.15, -0.1) is 0 Å². The van der Waals surface area contributed by atoms with Gasteiger partial charge in [0, 0.05) is 22.3 Å². The molecule has 0 saturated carbocycles. The van der Waals surface area contributed by atoms with E-state index in [2.05, 4.69) is 28.0 Å². The maximum Gasteiger partial charge on any atom is 0.446 e. The molecular weight excluding hydrogens is 476 g/mol. The van der Waals surface area contributed by atoms with Crippen molar-refractivity contribution in [3.05, 3.63) is 56.1 Å². The summed E-state index contributed by atoms with van der Waals surface area (Å²) in [5.74, 6) is 0.0185. The molecule has 0 unspecified atom stereocenters. The molecule has 2 heterocycles. The quantitative estimate of drug-likeness (QED) is 0.265. The molecule has 1 aliphatic heterocycles. The lowest BCUT2D eigenvalue weighted by atomic mass is 10.1. The number of hydrogen-bond acceptors (Lipinski definition) is 5. The molecule has 1 atom stereocenters. The molecule has 1 aliphatic rings. The first-order valence-electron chi connectivity index (χ1n) is 11.4. The minimum absolute atomic E-state index is 0.479.